The fourth-order valence-electron chi connectivity index (χ4n) is 3.65. The predicted molar refractivity (Wildman–Crippen MR) is 111 cm³/mol. The average Bonchev–Trinajstić information content (AvgIpc) is 2.98. The molecule has 0 bridgehead atoms. The minimum atomic E-state index is -0.539. The van der Waals surface area contributed by atoms with E-state index in [0.29, 0.717) is 11.3 Å². The predicted octanol–water partition coefficient (Wildman–Crippen LogP) is 6.17. The SMILES string of the molecule is CCCCCCCCCCc1ccc(-c2ccc3c(c2)C(=O)C(=O)N3)cc1. The van der Waals surface area contributed by atoms with E-state index in [0.717, 1.165) is 17.5 Å². The summed E-state index contributed by atoms with van der Waals surface area (Å²) in [5.41, 5.74) is 4.49. The van der Waals surface area contributed by atoms with Gasteiger partial charge < -0.3 is 5.32 Å². The van der Waals surface area contributed by atoms with E-state index in [1.54, 1.807) is 0 Å². The van der Waals surface area contributed by atoms with E-state index in [2.05, 4.69) is 36.5 Å². The number of rotatable bonds is 10. The fraction of sp³-hybridized carbons (Fsp3) is 0.417. The van der Waals surface area contributed by atoms with Crippen molar-refractivity contribution >= 4 is 17.4 Å². The van der Waals surface area contributed by atoms with E-state index in [1.165, 1.54) is 56.9 Å². The van der Waals surface area contributed by atoms with Gasteiger partial charge in [0.25, 0.3) is 11.7 Å². The number of hydrogen-bond donors (Lipinski definition) is 1. The summed E-state index contributed by atoms with van der Waals surface area (Å²) in [6.07, 6.45) is 11.8. The van der Waals surface area contributed by atoms with E-state index < -0.39 is 11.7 Å². The van der Waals surface area contributed by atoms with E-state index in [4.69, 9.17) is 0 Å². The molecule has 2 aromatic rings. The Hall–Kier alpha value is -2.42. The number of amides is 1. The zero-order chi connectivity index (χ0) is 19.1. The average molecular weight is 364 g/mol. The van der Waals surface area contributed by atoms with Crippen molar-refractivity contribution in [1.82, 2.24) is 0 Å². The Balaban J connectivity index is 1.48. The number of ketones is 1. The quantitative estimate of drug-likeness (QED) is 0.405. The molecule has 0 fully saturated rings. The molecule has 2 aromatic carbocycles. The van der Waals surface area contributed by atoms with Gasteiger partial charge in [-0.1, -0.05) is 82.2 Å². The van der Waals surface area contributed by atoms with Crippen molar-refractivity contribution in [2.24, 2.45) is 0 Å². The minimum Gasteiger partial charge on any atom is -0.318 e. The van der Waals surface area contributed by atoms with Crippen LogP contribution in [-0.4, -0.2) is 11.7 Å². The molecule has 0 spiro atoms. The maximum atomic E-state index is 11.9. The Morgan fingerprint density at radius 3 is 2.07 bits per heavy atom. The highest BCUT2D eigenvalue weighted by Crippen LogP contribution is 2.29. The maximum absolute atomic E-state index is 11.9. The van der Waals surface area contributed by atoms with Crippen LogP contribution in [0.15, 0.2) is 42.5 Å². The number of carbonyl (C=O) groups is 2. The summed E-state index contributed by atoms with van der Waals surface area (Å²) < 4.78 is 0. The smallest absolute Gasteiger partial charge is 0.296 e. The van der Waals surface area contributed by atoms with Crippen LogP contribution >= 0.6 is 0 Å². The van der Waals surface area contributed by atoms with Crippen molar-refractivity contribution in [3.8, 4) is 11.1 Å². The number of aryl methyl sites for hydroxylation is 1. The van der Waals surface area contributed by atoms with Crippen molar-refractivity contribution in [2.75, 3.05) is 5.32 Å². The highest BCUT2D eigenvalue weighted by molar-refractivity contribution is 6.51. The van der Waals surface area contributed by atoms with Crippen LogP contribution in [0.5, 0.6) is 0 Å². The van der Waals surface area contributed by atoms with Gasteiger partial charge in [0.1, 0.15) is 0 Å². The Morgan fingerprint density at radius 1 is 0.741 bits per heavy atom. The molecule has 3 rings (SSSR count). The zero-order valence-electron chi connectivity index (χ0n) is 16.2. The lowest BCUT2D eigenvalue weighted by molar-refractivity contribution is -0.112. The zero-order valence-corrected chi connectivity index (χ0v) is 16.2. The molecule has 0 aliphatic carbocycles. The second-order valence-electron chi connectivity index (χ2n) is 7.47. The van der Waals surface area contributed by atoms with Crippen molar-refractivity contribution in [2.45, 2.75) is 64.7 Å². The van der Waals surface area contributed by atoms with Crippen LogP contribution < -0.4 is 5.32 Å². The molecule has 0 radical (unpaired) electrons. The van der Waals surface area contributed by atoms with Crippen LogP contribution in [0.25, 0.3) is 11.1 Å². The summed E-state index contributed by atoms with van der Waals surface area (Å²) in [4.78, 5) is 23.3. The van der Waals surface area contributed by atoms with Crippen LogP contribution in [-0.2, 0) is 11.2 Å². The number of benzene rings is 2. The standard InChI is InChI=1S/C24H29NO2/c1-2-3-4-5-6-7-8-9-10-18-11-13-19(14-12-18)20-15-16-22-21(17-20)23(26)24(27)25-22/h11-17H,2-10H2,1H3,(H,25,26,27). The van der Waals surface area contributed by atoms with Crippen molar-refractivity contribution in [1.29, 1.82) is 0 Å². The number of Topliss-reactive ketones (excluding diaryl/α,β-unsaturated/α-hetero) is 1. The lowest BCUT2D eigenvalue weighted by atomic mass is 9.98. The molecular formula is C24H29NO2. The van der Waals surface area contributed by atoms with Gasteiger partial charge in [0.05, 0.1) is 11.3 Å². The topological polar surface area (TPSA) is 46.2 Å². The molecule has 1 amide bonds. The molecule has 1 heterocycles. The first-order valence-electron chi connectivity index (χ1n) is 10.3. The van der Waals surface area contributed by atoms with Gasteiger partial charge in [-0.3, -0.25) is 9.59 Å². The van der Waals surface area contributed by atoms with Crippen molar-refractivity contribution in [3.63, 3.8) is 0 Å². The maximum Gasteiger partial charge on any atom is 0.296 e. The number of fused-ring (bicyclic) bond motifs is 1. The molecule has 0 atom stereocenters. The Labute approximate surface area is 162 Å². The van der Waals surface area contributed by atoms with Gasteiger partial charge in [-0.25, -0.2) is 0 Å². The minimum absolute atomic E-state index is 0.446. The normalized spacial score (nSPS) is 12.9. The molecule has 1 aliphatic heterocycles. The third-order valence-electron chi connectivity index (χ3n) is 5.32. The van der Waals surface area contributed by atoms with Gasteiger partial charge in [0, 0.05) is 0 Å². The number of nitrogens with one attached hydrogen (secondary N) is 1. The van der Waals surface area contributed by atoms with Crippen LogP contribution in [0.1, 0.15) is 74.2 Å². The number of anilines is 1. The summed E-state index contributed by atoms with van der Waals surface area (Å²) in [6, 6.07) is 14.1. The van der Waals surface area contributed by atoms with E-state index >= 15 is 0 Å². The first kappa shape index (κ1) is 19.3. The summed E-state index contributed by atoms with van der Waals surface area (Å²) in [5.74, 6) is -0.985. The fourth-order valence-corrected chi connectivity index (χ4v) is 3.65. The monoisotopic (exact) mass is 363 g/mol. The first-order chi connectivity index (χ1) is 13.2. The Bertz CT molecular complexity index is 793. The number of unbranched alkanes of at least 4 members (excludes halogenated alkanes) is 7. The van der Waals surface area contributed by atoms with Crippen molar-refractivity contribution in [3.05, 3.63) is 53.6 Å². The van der Waals surface area contributed by atoms with Gasteiger partial charge in [0.15, 0.2) is 0 Å². The van der Waals surface area contributed by atoms with Gasteiger partial charge >= 0.3 is 0 Å². The van der Waals surface area contributed by atoms with Crippen LogP contribution in [0.3, 0.4) is 0 Å². The molecule has 1 N–H and O–H groups in total. The van der Waals surface area contributed by atoms with Crippen LogP contribution in [0, 0.1) is 0 Å². The van der Waals surface area contributed by atoms with Crippen LogP contribution in [0.2, 0.25) is 0 Å². The van der Waals surface area contributed by atoms with E-state index in [9.17, 15) is 9.59 Å². The number of hydrogen-bond acceptors (Lipinski definition) is 2. The molecule has 142 valence electrons. The van der Waals surface area contributed by atoms with Gasteiger partial charge in [0.2, 0.25) is 0 Å². The third kappa shape index (κ3) is 5.06. The summed E-state index contributed by atoms with van der Waals surface area (Å²) in [7, 11) is 0. The van der Waals surface area contributed by atoms with Crippen LogP contribution in [0.4, 0.5) is 5.69 Å². The lowest BCUT2D eigenvalue weighted by Gasteiger charge is -2.06. The first-order valence-corrected chi connectivity index (χ1v) is 10.3. The number of carbonyl (C=O) groups excluding carboxylic acids is 2. The molecule has 0 saturated heterocycles. The van der Waals surface area contributed by atoms with E-state index in [1.807, 2.05) is 18.2 Å². The van der Waals surface area contributed by atoms with Gasteiger partial charge in [-0.15, -0.1) is 0 Å². The highest BCUT2D eigenvalue weighted by atomic mass is 16.2. The second-order valence-corrected chi connectivity index (χ2v) is 7.47. The molecule has 27 heavy (non-hydrogen) atoms. The molecular weight excluding hydrogens is 334 g/mol. The second kappa shape index (κ2) is 9.50. The molecule has 3 heteroatoms. The highest BCUT2D eigenvalue weighted by Gasteiger charge is 2.27. The van der Waals surface area contributed by atoms with E-state index in [-0.39, 0.29) is 0 Å². The Morgan fingerprint density at radius 2 is 1.37 bits per heavy atom. The third-order valence-corrected chi connectivity index (χ3v) is 5.32. The lowest BCUT2D eigenvalue weighted by Crippen LogP contribution is -2.12. The molecule has 0 aromatic heterocycles. The van der Waals surface area contributed by atoms with Gasteiger partial charge in [-0.2, -0.15) is 0 Å². The molecule has 0 unspecified atom stereocenters. The summed E-state index contributed by atoms with van der Waals surface area (Å²) >= 11 is 0. The summed E-state index contributed by atoms with van der Waals surface area (Å²) in [6.45, 7) is 2.26. The molecule has 1 aliphatic rings. The molecule has 0 saturated carbocycles. The summed E-state index contributed by atoms with van der Waals surface area (Å²) in [5, 5.41) is 2.59. The van der Waals surface area contributed by atoms with Gasteiger partial charge in [-0.05, 0) is 41.7 Å². The van der Waals surface area contributed by atoms with Crippen molar-refractivity contribution < 1.29 is 9.59 Å². The largest absolute Gasteiger partial charge is 0.318 e. The Kier molecular flexibility index (Phi) is 6.80. The molecule has 3 nitrogen and oxygen atoms in total.